The molecule has 0 aromatic heterocycles. The lowest BCUT2D eigenvalue weighted by atomic mass is 9.85. The van der Waals surface area contributed by atoms with Crippen LogP contribution in [0.15, 0.2) is 18.2 Å². The predicted octanol–water partition coefficient (Wildman–Crippen LogP) is 3.29. The van der Waals surface area contributed by atoms with E-state index in [0.717, 1.165) is 31.8 Å². The quantitative estimate of drug-likeness (QED) is 0.905. The molecule has 1 heterocycles. The van der Waals surface area contributed by atoms with Crippen molar-refractivity contribution >= 4 is 0 Å². The Kier molecular flexibility index (Phi) is 5.28. The molecular formula is C18H29NO2. The minimum Gasteiger partial charge on any atom is -0.492 e. The van der Waals surface area contributed by atoms with Crippen LogP contribution in [-0.4, -0.2) is 25.9 Å². The molecule has 1 aromatic carbocycles. The van der Waals surface area contributed by atoms with Gasteiger partial charge in [-0.05, 0) is 35.4 Å². The zero-order valence-electron chi connectivity index (χ0n) is 13.8. The predicted molar refractivity (Wildman–Crippen MR) is 86.9 cm³/mol. The Hall–Kier alpha value is -1.06. The molecule has 1 aromatic rings. The Balaban J connectivity index is 2.08. The van der Waals surface area contributed by atoms with Crippen LogP contribution in [-0.2, 0) is 16.6 Å². The smallest absolute Gasteiger partial charge is 0.123 e. The molecule has 0 saturated carbocycles. The van der Waals surface area contributed by atoms with E-state index in [-0.39, 0.29) is 11.5 Å². The van der Waals surface area contributed by atoms with Gasteiger partial charge in [-0.1, -0.05) is 39.8 Å². The van der Waals surface area contributed by atoms with Gasteiger partial charge in [0.15, 0.2) is 0 Å². The second-order valence-corrected chi connectivity index (χ2v) is 7.03. The Morgan fingerprint density at radius 3 is 2.71 bits per heavy atom. The Morgan fingerprint density at radius 1 is 1.38 bits per heavy atom. The SMILES string of the molecule is CCc1ccc(OCC(N)C2CCOC2)c(C(C)(C)C)c1. The first kappa shape index (κ1) is 16.3. The Morgan fingerprint density at radius 2 is 2.14 bits per heavy atom. The number of nitrogens with two attached hydrogens (primary N) is 1. The van der Waals surface area contributed by atoms with Crippen LogP contribution < -0.4 is 10.5 Å². The van der Waals surface area contributed by atoms with Crippen molar-refractivity contribution in [1.29, 1.82) is 0 Å². The molecule has 2 rings (SSSR count). The fraction of sp³-hybridized carbons (Fsp3) is 0.667. The molecule has 118 valence electrons. The number of hydrogen-bond donors (Lipinski definition) is 1. The van der Waals surface area contributed by atoms with Crippen molar-refractivity contribution in [2.24, 2.45) is 11.7 Å². The lowest BCUT2D eigenvalue weighted by Crippen LogP contribution is -2.36. The summed E-state index contributed by atoms with van der Waals surface area (Å²) < 4.78 is 11.5. The van der Waals surface area contributed by atoms with Crippen molar-refractivity contribution in [3.63, 3.8) is 0 Å². The van der Waals surface area contributed by atoms with Crippen LogP contribution in [0.1, 0.15) is 45.2 Å². The van der Waals surface area contributed by atoms with Gasteiger partial charge in [0.2, 0.25) is 0 Å². The van der Waals surface area contributed by atoms with Crippen molar-refractivity contribution in [2.75, 3.05) is 19.8 Å². The van der Waals surface area contributed by atoms with Crippen LogP contribution in [0, 0.1) is 5.92 Å². The van der Waals surface area contributed by atoms with E-state index in [1.54, 1.807) is 0 Å². The monoisotopic (exact) mass is 291 g/mol. The number of benzene rings is 1. The molecule has 0 aliphatic carbocycles. The minimum atomic E-state index is 0.0474. The third kappa shape index (κ3) is 4.21. The zero-order valence-corrected chi connectivity index (χ0v) is 13.8. The molecule has 0 radical (unpaired) electrons. The third-order valence-electron chi connectivity index (χ3n) is 4.26. The first-order valence-corrected chi connectivity index (χ1v) is 8.01. The normalized spacial score (nSPS) is 20.5. The van der Waals surface area contributed by atoms with Gasteiger partial charge >= 0.3 is 0 Å². The highest BCUT2D eigenvalue weighted by Gasteiger charge is 2.24. The van der Waals surface area contributed by atoms with E-state index in [0.29, 0.717) is 12.5 Å². The van der Waals surface area contributed by atoms with E-state index < -0.39 is 0 Å². The van der Waals surface area contributed by atoms with E-state index >= 15 is 0 Å². The van der Waals surface area contributed by atoms with Gasteiger partial charge in [-0.25, -0.2) is 0 Å². The average Bonchev–Trinajstić information content (AvgIpc) is 2.97. The summed E-state index contributed by atoms with van der Waals surface area (Å²) in [6.45, 7) is 11.0. The summed E-state index contributed by atoms with van der Waals surface area (Å²) in [6, 6.07) is 6.55. The highest BCUT2D eigenvalue weighted by atomic mass is 16.5. The highest BCUT2D eigenvalue weighted by Crippen LogP contribution is 2.32. The molecule has 21 heavy (non-hydrogen) atoms. The number of hydrogen-bond acceptors (Lipinski definition) is 3. The third-order valence-corrected chi connectivity index (χ3v) is 4.26. The molecule has 0 amide bonds. The molecular weight excluding hydrogens is 262 g/mol. The molecule has 2 unspecified atom stereocenters. The second-order valence-electron chi connectivity index (χ2n) is 7.03. The lowest BCUT2D eigenvalue weighted by molar-refractivity contribution is 0.169. The summed E-state index contributed by atoms with van der Waals surface area (Å²) >= 11 is 0. The van der Waals surface area contributed by atoms with Crippen molar-refractivity contribution in [2.45, 2.75) is 52.0 Å². The van der Waals surface area contributed by atoms with Gasteiger partial charge in [0, 0.05) is 18.6 Å². The Bertz CT molecular complexity index is 459. The van der Waals surface area contributed by atoms with E-state index in [9.17, 15) is 0 Å². The molecule has 3 heteroatoms. The maximum atomic E-state index is 6.24. The van der Waals surface area contributed by atoms with Gasteiger partial charge in [-0.15, -0.1) is 0 Å². The first-order chi connectivity index (χ1) is 9.91. The lowest BCUT2D eigenvalue weighted by Gasteiger charge is -2.25. The van der Waals surface area contributed by atoms with Gasteiger partial charge in [0.1, 0.15) is 12.4 Å². The highest BCUT2D eigenvalue weighted by molar-refractivity contribution is 5.41. The minimum absolute atomic E-state index is 0.0474. The molecule has 1 saturated heterocycles. The van der Waals surface area contributed by atoms with Crippen LogP contribution in [0.2, 0.25) is 0 Å². The fourth-order valence-corrected chi connectivity index (χ4v) is 2.72. The molecule has 2 N–H and O–H groups in total. The van der Waals surface area contributed by atoms with Gasteiger partial charge in [0.25, 0.3) is 0 Å². The van der Waals surface area contributed by atoms with Crippen LogP contribution in [0.3, 0.4) is 0 Å². The first-order valence-electron chi connectivity index (χ1n) is 8.01. The maximum absolute atomic E-state index is 6.24. The van der Waals surface area contributed by atoms with Crippen LogP contribution in [0.5, 0.6) is 5.75 Å². The zero-order chi connectivity index (χ0) is 15.5. The number of aryl methyl sites for hydroxylation is 1. The van der Waals surface area contributed by atoms with Gasteiger partial charge < -0.3 is 15.2 Å². The van der Waals surface area contributed by atoms with Crippen LogP contribution in [0.4, 0.5) is 0 Å². The van der Waals surface area contributed by atoms with Crippen LogP contribution >= 0.6 is 0 Å². The summed E-state index contributed by atoms with van der Waals surface area (Å²) in [5.41, 5.74) is 8.92. The number of rotatable bonds is 5. The van der Waals surface area contributed by atoms with E-state index in [1.807, 2.05) is 0 Å². The van der Waals surface area contributed by atoms with Crippen LogP contribution in [0.25, 0.3) is 0 Å². The summed E-state index contributed by atoms with van der Waals surface area (Å²) in [4.78, 5) is 0. The van der Waals surface area contributed by atoms with Gasteiger partial charge in [0.05, 0.1) is 6.61 Å². The second kappa shape index (κ2) is 6.80. The molecule has 1 fully saturated rings. The molecule has 0 spiro atoms. The van der Waals surface area contributed by atoms with Gasteiger partial charge in [-0.3, -0.25) is 0 Å². The fourth-order valence-electron chi connectivity index (χ4n) is 2.72. The summed E-state index contributed by atoms with van der Waals surface area (Å²) in [7, 11) is 0. The van der Waals surface area contributed by atoms with Crippen molar-refractivity contribution in [3.8, 4) is 5.75 Å². The average molecular weight is 291 g/mol. The van der Waals surface area contributed by atoms with Gasteiger partial charge in [-0.2, -0.15) is 0 Å². The molecule has 1 aliphatic heterocycles. The summed E-state index contributed by atoms with van der Waals surface area (Å²) in [5.74, 6) is 1.40. The molecule has 3 nitrogen and oxygen atoms in total. The topological polar surface area (TPSA) is 44.5 Å². The molecule has 0 bridgehead atoms. The maximum Gasteiger partial charge on any atom is 0.123 e. The molecule has 1 aliphatic rings. The van der Waals surface area contributed by atoms with E-state index in [1.165, 1.54) is 11.1 Å². The van der Waals surface area contributed by atoms with Crippen molar-refractivity contribution < 1.29 is 9.47 Å². The van der Waals surface area contributed by atoms with E-state index in [2.05, 4.69) is 45.9 Å². The molecule has 2 atom stereocenters. The largest absolute Gasteiger partial charge is 0.492 e. The number of ether oxygens (including phenoxy) is 2. The standard InChI is InChI=1S/C18H29NO2/c1-5-13-6-7-17(15(10-13)18(2,3)4)21-12-16(19)14-8-9-20-11-14/h6-7,10,14,16H,5,8-9,11-12,19H2,1-4H3. The van der Waals surface area contributed by atoms with Crippen molar-refractivity contribution in [1.82, 2.24) is 0 Å². The van der Waals surface area contributed by atoms with E-state index in [4.69, 9.17) is 15.2 Å². The Labute approximate surface area is 128 Å². The summed E-state index contributed by atoms with van der Waals surface area (Å²) in [5, 5.41) is 0. The van der Waals surface area contributed by atoms with Crippen molar-refractivity contribution in [3.05, 3.63) is 29.3 Å². The summed E-state index contributed by atoms with van der Waals surface area (Å²) in [6.07, 6.45) is 2.09.